The first-order valence-electron chi connectivity index (χ1n) is 9.75. The molecule has 2 atom stereocenters. The minimum Gasteiger partial charge on any atom is -0.348 e. The molecule has 2 aliphatic heterocycles. The number of imidazole rings is 1. The number of aromatic nitrogens is 2. The molecule has 2 amide bonds. The van der Waals surface area contributed by atoms with E-state index in [1.54, 1.807) is 6.33 Å². The molecular formula is C19H28N4O2. The number of piperidine rings is 2. The highest BCUT2D eigenvalue weighted by atomic mass is 16.2. The molecule has 3 heterocycles. The van der Waals surface area contributed by atoms with Crippen molar-refractivity contribution in [1.82, 2.24) is 19.8 Å². The third-order valence-corrected chi connectivity index (χ3v) is 6.14. The fourth-order valence-corrected chi connectivity index (χ4v) is 4.42. The molecule has 25 heavy (non-hydrogen) atoms. The van der Waals surface area contributed by atoms with Crippen molar-refractivity contribution in [3.63, 3.8) is 0 Å². The highest BCUT2D eigenvalue weighted by Crippen LogP contribution is 2.35. The Kier molecular flexibility index (Phi) is 4.77. The van der Waals surface area contributed by atoms with Gasteiger partial charge in [-0.1, -0.05) is 12.8 Å². The van der Waals surface area contributed by atoms with Gasteiger partial charge in [-0.05, 0) is 31.1 Å². The summed E-state index contributed by atoms with van der Waals surface area (Å²) in [5.74, 6) is 1.85. The molecule has 6 nitrogen and oxygen atoms in total. The van der Waals surface area contributed by atoms with E-state index in [1.807, 2.05) is 6.20 Å². The van der Waals surface area contributed by atoms with Crippen molar-refractivity contribution < 1.29 is 9.59 Å². The first kappa shape index (κ1) is 16.6. The molecule has 0 aromatic carbocycles. The maximum atomic E-state index is 12.5. The van der Waals surface area contributed by atoms with E-state index in [0.717, 1.165) is 56.9 Å². The SMILES string of the molecule is O=C(CCC1CC1)N1CC[C@H]2[C@H](CCC(=O)N2CCc2cnc[nH]2)C1. The molecule has 3 aliphatic rings. The van der Waals surface area contributed by atoms with Crippen LogP contribution in [-0.2, 0) is 16.0 Å². The first-order valence-corrected chi connectivity index (χ1v) is 9.75. The van der Waals surface area contributed by atoms with Gasteiger partial charge in [-0.3, -0.25) is 9.59 Å². The summed E-state index contributed by atoms with van der Waals surface area (Å²) in [4.78, 5) is 36.2. The second kappa shape index (κ2) is 7.18. The summed E-state index contributed by atoms with van der Waals surface area (Å²) in [5, 5.41) is 0. The summed E-state index contributed by atoms with van der Waals surface area (Å²) in [6.07, 6.45) is 11.2. The van der Waals surface area contributed by atoms with Crippen molar-refractivity contribution in [2.45, 2.75) is 57.4 Å². The van der Waals surface area contributed by atoms with Gasteiger partial charge in [0.2, 0.25) is 11.8 Å². The normalized spacial score (nSPS) is 26.6. The molecule has 6 heteroatoms. The molecule has 0 spiro atoms. The zero-order chi connectivity index (χ0) is 17.2. The molecule has 1 saturated carbocycles. The molecule has 0 unspecified atom stereocenters. The number of amides is 2. The predicted octanol–water partition coefficient (Wildman–Crippen LogP) is 1.98. The van der Waals surface area contributed by atoms with E-state index in [1.165, 1.54) is 12.8 Å². The Morgan fingerprint density at radius 3 is 2.92 bits per heavy atom. The van der Waals surface area contributed by atoms with Gasteiger partial charge in [0.05, 0.1) is 6.33 Å². The number of carbonyl (C=O) groups is 2. The molecule has 1 aliphatic carbocycles. The molecule has 1 aromatic heterocycles. The molecular weight excluding hydrogens is 316 g/mol. The van der Waals surface area contributed by atoms with Crippen LogP contribution in [0.1, 0.15) is 50.6 Å². The van der Waals surface area contributed by atoms with Gasteiger partial charge in [-0.2, -0.15) is 0 Å². The standard InChI is InChI=1S/C19H28N4O2/c24-18(5-3-14-1-2-14)22-9-8-17-15(12-22)4-6-19(25)23(17)10-7-16-11-20-13-21-16/h11,13-15,17H,1-10,12H2,(H,20,21)/t15-,17+/m1/s1. The Labute approximate surface area is 149 Å². The van der Waals surface area contributed by atoms with Crippen LogP contribution in [0.2, 0.25) is 0 Å². The first-order chi connectivity index (χ1) is 12.2. The summed E-state index contributed by atoms with van der Waals surface area (Å²) in [6.45, 7) is 2.39. The topological polar surface area (TPSA) is 69.3 Å². The summed E-state index contributed by atoms with van der Waals surface area (Å²) in [6, 6.07) is 0.302. The number of hydrogen-bond acceptors (Lipinski definition) is 3. The van der Waals surface area contributed by atoms with Gasteiger partial charge in [-0.25, -0.2) is 4.98 Å². The van der Waals surface area contributed by atoms with Gasteiger partial charge >= 0.3 is 0 Å². The summed E-state index contributed by atoms with van der Waals surface area (Å²) < 4.78 is 0. The van der Waals surface area contributed by atoms with E-state index in [4.69, 9.17) is 0 Å². The van der Waals surface area contributed by atoms with Crippen molar-refractivity contribution in [3.05, 3.63) is 18.2 Å². The van der Waals surface area contributed by atoms with Gasteiger partial charge < -0.3 is 14.8 Å². The maximum absolute atomic E-state index is 12.5. The highest BCUT2D eigenvalue weighted by Gasteiger charge is 2.40. The van der Waals surface area contributed by atoms with Gasteiger partial charge in [0, 0.05) is 56.8 Å². The summed E-state index contributed by atoms with van der Waals surface area (Å²) in [7, 11) is 0. The predicted molar refractivity (Wildman–Crippen MR) is 93.7 cm³/mol. The van der Waals surface area contributed by atoms with Crippen molar-refractivity contribution >= 4 is 11.8 Å². The fourth-order valence-electron chi connectivity index (χ4n) is 4.42. The van der Waals surface area contributed by atoms with Crippen molar-refractivity contribution in [1.29, 1.82) is 0 Å². The van der Waals surface area contributed by atoms with Crippen LogP contribution in [0.5, 0.6) is 0 Å². The maximum Gasteiger partial charge on any atom is 0.222 e. The Balaban J connectivity index is 1.33. The molecule has 1 N–H and O–H groups in total. The minimum atomic E-state index is 0.272. The highest BCUT2D eigenvalue weighted by molar-refractivity contribution is 5.78. The third kappa shape index (κ3) is 3.88. The van der Waals surface area contributed by atoms with Crippen molar-refractivity contribution in [2.24, 2.45) is 11.8 Å². The largest absolute Gasteiger partial charge is 0.348 e. The van der Waals surface area contributed by atoms with Crippen LogP contribution in [0.15, 0.2) is 12.5 Å². The Hall–Kier alpha value is -1.85. The number of rotatable bonds is 6. The van der Waals surface area contributed by atoms with Gasteiger partial charge in [0.15, 0.2) is 0 Å². The van der Waals surface area contributed by atoms with Crippen LogP contribution >= 0.6 is 0 Å². The Morgan fingerprint density at radius 2 is 2.16 bits per heavy atom. The molecule has 0 radical (unpaired) electrons. The molecule has 2 saturated heterocycles. The van der Waals surface area contributed by atoms with Crippen molar-refractivity contribution in [2.75, 3.05) is 19.6 Å². The number of fused-ring (bicyclic) bond motifs is 1. The van der Waals surface area contributed by atoms with Crippen molar-refractivity contribution in [3.8, 4) is 0 Å². The summed E-state index contributed by atoms with van der Waals surface area (Å²) >= 11 is 0. The van der Waals surface area contributed by atoms with E-state index in [-0.39, 0.29) is 5.91 Å². The number of likely N-dealkylation sites (tertiary alicyclic amines) is 2. The number of nitrogens with one attached hydrogen (secondary N) is 1. The lowest BCUT2D eigenvalue weighted by Gasteiger charge is -2.47. The van der Waals surface area contributed by atoms with E-state index in [0.29, 0.717) is 30.7 Å². The van der Waals surface area contributed by atoms with Crippen LogP contribution in [0.4, 0.5) is 0 Å². The molecule has 0 bridgehead atoms. The van der Waals surface area contributed by atoms with Crippen LogP contribution < -0.4 is 0 Å². The molecule has 136 valence electrons. The monoisotopic (exact) mass is 344 g/mol. The Bertz CT molecular complexity index is 611. The second-order valence-electron chi connectivity index (χ2n) is 7.89. The average Bonchev–Trinajstić information content (AvgIpc) is 3.32. The number of nitrogens with zero attached hydrogens (tertiary/aromatic N) is 3. The third-order valence-electron chi connectivity index (χ3n) is 6.14. The molecule has 3 fully saturated rings. The van der Waals surface area contributed by atoms with Crippen LogP contribution in [0.3, 0.4) is 0 Å². The number of carbonyl (C=O) groups excluding carboxylic acids is 2. The van der Waals surface area contributed by atoms with E-state index >= 15 is 0 Å². The number of aromatic amines is 1. The average molecular weight is 344 g/mol. The van der Waals surface area contributed by atoms with Crippen LogP contribution in [0.25, 0.3) is 0 Å². The van der Waals surface area contributed by atoms with E-state index in [9.17, 15) is 9.59 Å². The van der Waals surface area contributed by atoms with Gasteiger partial charge in [0.1, 0.15) is 0 Å². The van der Waals surface area contributed by atoms with Crippen LogP contribution in [0, 0.1) is 11.8 Å². The van der Waals surface area contributed by atoms with E-state index < -0.39 is 0 Å². The lowest BCUT2D eigenvalue weighted by Crippen LogP contribution is -2.57. The molecule has 4 rings (SSSR count). The smallest absolute Gasteiger partial charge is 0.222 e. The molecule has 1 aromatic rings. The quantitative estimate of drug-likeness (QED) is 0.858. The fraction of sp³-hybridized carbons (Fsp3) is 0.737. The van der Waals surface area contributed by atoms with Gasteiger partial charge in [-0.15, -0.1) is 0 Å². The lowest BCUT2D eigenvalue weighted by atomic mass is 9.83. The number of hydrogen-bond donors (Lipinski definition) is 1. The van der Waals surface area contributed by atoms with Crippen LogP contribution in [-0.4, -0.2) is 57.3 Å². The van der Waals surface area contributed by atoms with Gasteiger partial charge in [0.25, 0.3) is 0 Å². The second-order valence-corrected chi connectivity index (χ2v) is 7.89. The lowest BCUT2D eigenvalue weighted by molar-refractivity contribution is -0.144. The Morgan fingerprint density at radius 1 is 1.28 bits per heavy atom. The zero-order valence-electron chi connectivity index (χ0n) is 14.8. The zero-order valence-corrected chi connectivity index (χ0v) is 14.8. The summed E-state index contributed by atoms with van der Waals surface area (Å²) in [5.41, 5.74) is 1.07. The number of H-pyrrole nitrogens is 1. The minimum absolute atomic E-state index is 0.272. The van der Waals surface area contributed by atoms with E-state index in [2.05, 4.69) is 19.8 Å².